The summed E-state index contributed by atoms with van der Waals surface area (Å²) in [4.78, 5) is 24.7. The van der Waals surface area contributed by atoms with Crippen LogP contribution in [0.4, 0.5) is 4.79 Å². The van der Waals surface area contributed by atoms with Crippen LogP contribution < -0.4 is 5.32 Å². The first-order valence-electron chi connectivity index (χ1n) is 7.48. The molecule has 20 heavy (non-hydrogen) atoms. The molecule has 1 aliphatic carbocycles. The molecule has 1 fully saturated rings. The molecule has 1 aliphatic rings. The van der Waals surface area contributed by atoms with E-state index >= 15 is 0 Å². The van der Waals surface area contributed by atoms with Crippen molar-refractivity contribution in [3.63, 3.8) is 0 Å². The zero-order valence-corrected chi connectivity index (χ0v) is 13.1. The number of nitrogens with one attached hydrogen (secondary N) is 1. The second kappa shape index (κ2) is 6.95. The van der Waals surface area contributed by atoms with Crippen molar-refractivity contribution in [2.45, 2.75) is 70.9 Å². The Morgan fingerprint density at radius 1 is 1.35 bits per heavy atom. The van der Waals surface area contributed by atoms with E-state index in [9.17, 15) is 9.59 Å². The van der Waals surface area contributed by atoms with Crippen LogP contribution in [0.15, 0.2) is 0 Å². The van der Waals surface area contributed by atoms with Gasteiger partial charge in [-0.05, 0) is 39.0 Å². The summed E-state index contributed by atoms with van der Waals surface area (Å²) in [7, 11) is 1.84. The van der Waals surface area contributed by atoms with E-state index < -0.39 is 11.5 Å². The maximum atomic E-state index is 12.3. The van der Waals surface area contributed by atoms with Crippen molar-refractivity contribution in [3.05, 3.63) is 0 Å². The Morgan fingerprint density at radius 3 is 2.55 bits per heavy atom. The molecule has 0 heterocycles. The highest BCUT2D eigenvalue weighted by Crippen LogP contribution is 2.27. The zero-order chi connectivity index (χ0) is 15.3. The fourth-order valence-electron chi connectivity index (χ4n) is 2.78. The Hall–Kier alpha value is -1.26. The number of hydrogen-bond acceptors (Lipinski definition) is 2. The number of rotatable bonds is 5. The minimum absolute atomic E-state index is 0.0669. The van der Waals surface area contributed by atoms with Crippen molar-refractivity contribution >= 4 is 12.0 Å². The molecule has 0 aromatic heterocycles. The van der Waals surface area contributed by atoms with Crippen LogP contribution in [-0.4, -0.2) is 40.6 Å². The molecule has 1 rings (SSSR count). The van der Waals surface area contributed by atoms with Crippen molar-refractivity contribution < 1.29 is 14.7 Å². The van der Waals surface area contributed by atoms with Gasteiger partial charge < -0.3 is 15.3 Å². The van der Waals surface area contributed by atoms with Gasteiger partial charge in [0.15, 0.2) is 0 Å². The summed E-state index contributed by atoms with van der Waals surface area (Å²) in [6.07, 6.45) is 5.03. The Labute approximate surface area is 121 Å². The van der Waals surface area contributed by atoms with Gasteiger partial charge in [-0.2, -0.15) is 0 Å². The summed E-state index contributed by atoms with van der Waals surface area (Å²) in [5, 5.41) is 11.7. The molecule has 5 heteroatoms. The van der Waals surface area contributed by atoms with Crippen LogP contribution in [0.3, 0.4) is 0 Å². The summed E-state index contributed by atoms with van der Waals surface area (Å²) in [6, 6.07) is 0.202. The SMILES string of the molecule is CC1CCCC(N(C)C(=O)NC(C)(C)CCC(=O)O)C1. The van der Waals surface area contributed by atoms with Gasteiger partial charge in [0.2, 0.25) is 0 Å². The lowest BCUT2D eigenvalue weighted by atomic mass is 9.86. The van der Waals surface area contributed by atoms with Crippen LogP contribution in [0, 0.1) is 5.92 Å². The number of carbonyl (C=O) groups excluding carboxylic acids is 1. The fraction of sp³-hybridized carbons (Fsp3) is 0.867. The number of aliphatic carboxylic acids is 1. The van der Waals surface area contributed by atoms with E-state index in [2.05, 4.69) is 12.2 Å². The lowest BCUT2D eigenvalue weighted by Gasteiger charge is -2.36. The van der Waals surface area contributed by atoms with E-state index in [1.807, 2.05) is 20.9 Å². The smallest absolute Gasteiger partial charge is 0.317 e. The van der Waals surface area contributed by atoms with E-state index in [0.717, 1.165) is 12.8 Å². The lowest BCUT2D eigenvalue weighted by molar-refractivity contribution is -0.137. The van der Waals surface area contributed by atoms with Crippen LogP contribution in [0.25, 0.3) is 0 Å². The topological polar surface area (TPSA) is 69.6 Å². The predicted octanol–water partition coefficient (Wildman–Crippen LogP) is 2.85. The number of carboxylic acids is 1. The Bertz CT molecular complexity index is 355. The lowest BCUT2D eigenvalue weighted by Crippen LogP contribution is -2.52. The molecule has 0 aromatic carbocycles. The molecule has 0 bridgehead atoms. The summed E-state index contributed by atoms with van der Waals surface area (Å²) in [5.41, 5.74) is -0.496. The van der Waals surface area contributed by atoms with E-state index in [0.29, 0.717) is 18.4 Å². The van der Waals surface area contributed by atoms with Crippen molar-refractivity contribution in [1.82, 2.24) is 10.2 Å². The number of carboxylic acid groups (broad SMARTS) is 1. The third kappa shape index (κ3) is 5.39. The number of nitrogens with zero attached hydrogens (tertiary/aromatic N) is 1. The van der Waals surface area contributed by atoms with Gasteiger partial charge in [-0.3, -0.25) is 4.79 Å². The number of urea groups is 1. The van der Waals surface area contributed by atoms with Gasteiger partial charge in [-0.25, -0.2) is 4.79 Å². The second-order valence-electron chi connectivity index (χ2n) is 6.74. The standard InChI is InChI=1S/C15H28N2O3/c1-11-6-5-7-12(10-11)17(4)14(20)16-15(2,3)9-8-13(18)19/h11-12H,5-10H2,1-4H3,(H,16,20)(H,18,19). The highest BCUT2D eigenvalue weighted by molar-refractivity contribution is 5.75. The normalized spacial score (nSPS) is 23.2. The monoisotopic (exact) mass is 284 g/mol. The number of hydrogen-bond donors (Lipinski definition) is 2. The quantitative estimate of drug-likeness (QED) is 0.815. The van der Waals surface area contributed by atoms with Gasteiger partial charge in [0.1, 0.15) is 0 Å². The minimum Gasteiger partial charge on any atom is -0.481 e. The van der Waals surface area contributed by atoms with E-state index in [4.69, 9.17) is 5.11 Å². The summed E-state index contributed by atoms with van der Waals surface area (Å²) in [6.45, 7) is 5.96. The predicted molar refractivity (Wildman–Crippen MR) is 78.7 cm³/mol. The van der Waals surface area contributed by atoms with Crippen molar-refractivity contribution in [3.8, 4) is 0 Å². The molecule has 2 N–H and O–H groups in total. The average Bonchev–Trinajstić information content (AvgIpc) is 2.35. The summed E-state index contributed by atoms with van der Waals surface area (Å²) < 4.78 is 0. The molecule has 1 saturated carbocycles. The maximum absolute atomic E-state index is 12.3. The van der Waals surface area contributed by atoms with Crippen LogP contribution in [-0.2, 0) is 4.79 Å². The molecule has 5 nitrogen and oxygen atoms in total. The van der Waals surface area contributed by atoms with Crippen molar-refractivity contribution in [2.75, 3.05) is 7.05 Å². The second-order valence-corrected chi connectivity index (χ2v) is 6.74. The van der Waals surface area contributed by atoms with Gasteiger partial charge in [-0.15, -0.1) is 0 Å². The molecule has 2 amide bonds. The molecule has 0 aliphatic heterocycles. The van der Waals surface area contributed by atoms with Crippen molar-refractivity contribution in [2.24, 2.45) is 5.92 Å². The first kappa shape index (κ1) is 16.8. The molecular weight excluding hydrogens is 256 g/mol. The highest BCUT2D eigenvalue weighted by atomic mass is 16.4. The number of amides is 2. The minimum atomic E-state index is -0.832. The third-order valence-corrected chi connectivity index (χ3v) is 4.19. The maximum Gasteiger partial charge on any atom is 0.317 e. The highest BCUT2D eigenvalue weighted by Gasteiger charge is 2.28. The molecule has 0 spiro atoms. The fourth-order valence-corrected chi connectivity index (χ4v) is 2.78. The Kier molecular flexibility index (Phi) is 5.84. The van der Waals surface area contributed by atoms with E-state index in [-0.39, 0.29) is 12.5 Å². The van der Waals surface area contributed by atoms with Gasteiger partial charge in [0, 0.05) is 25.0 Å². The van der Waals surface area contributed by atoms with E-state index in [1.165, 1.54) is 12.8 Å². The number of carbonyl (C=O) groups is 2. The van der Waals surface area contributed by atoms with Crippen molar-refractivity contribution in [1.29, 1.82) is 0 Å². The summed E-state index contributed by atoms with van der Waals surface area (Å²) in [5.74, 6) is -0.161. The van der Waals surface area contributed by atoms with Crippen LogP contribution in [0.2, 0.25) is 0 Å². The van der Waals surface area contributed by atoms with Gasteiger partial charge >= 0.3 is 12.0 Å². The molecular formula is C15H28N2O3. The zero-order valence-electron chi connectivity index (χ0n) is 13.1. The first-order valence-corrected chi connectivity index (χ1v) is 7.48. The average molecular weight is 284 g/mol. The molecule has 0 aromatic rings. The first-order chi connectivity index (χ1) is 9.21. The summed E-state index contributed by atoms with van der Waals surface area (Å²) >= 11 is 0. The van der Waals surface area contributed by atoms with Crippen LogP contribution in [0.1, 0.15) is 59.3 Å². The molecule has 2 atom stereocenters. The molecule has 116 valence electrons. The molecule has 2 unspecified atom stereocenters. The Balaban J connectivity index is 2.49. The van der Waals surface area contributed by atoms with E-state index in [1.54, 1.807) is 4.90 Å². The Morgan fingerprint density at radius 2 is 2.00 bits per heavy atom. The van der Waals surface area contributed by atoms with Gasteiger partial charge in [-0.1, -0.05) is 19.8 Å². The van der Waals surface area contributed by atoms with Gasteiger partial charge in [0.25, 0.3) is 0 Å². The third-order valence-electron chi connectivity index (χ3n) is 4.19. The van der Waals surface area contributed by atoms with Crippen LogP contribution in [0.5, 0.6) is 0 Å². The van der Waals surface area contributed by atoms with Gasteiger partial charge in [0.05, 0.1) is 0 Å². The molecule has 0 saturated heterocycles. The van der Waals surface area contributed by atoms with Crippen LogP contribution >= 0.6 is 0 Å². The molecule has 0 radical (unpaired) electrons. The largest absolute Gasteiger partial charge is 0.481 e.